The molecule has 2 rings (SSSR count). The van der Waals surface area contributed by atoms with E-state index in [2.05, 4.69) is 60.2 Å². The van der Waals surface area contributed by atoms with Crippen molar-refractivity contribution in [1.82, 2.24) is 9.97 Å². The molecule has 0 amide bonds. The van der Waals surface area contributed by atoms with E-state index < -0.39 is 0 Å². The fourth-order valence-corrected chi connectivity index (χ4v) is 4.02. The van der Waals surface area contributed by atoms with Gasteiger partial charge in [0.1, 0.15) is 0 Å². The average Bonchev–Trinajstić information content (AvgIpc) is 2.89. The number of rotatable bonds is 21. The molecule has 0 spiro atoms. The number of aryl methyl sites for hydroxylation is 1. The lowest BCUT2D eigenvalue weighted by Crippen LogP contribution is -1.98. The maximum Gasteiger partial charge on any atom is 0.159 e. The molecule has 35 heavy (non-hydrogen) atoms. The van der Waals surface area contributed by atoms with Crippen molar-refractivity contribution >= 4 is 0 Å². The van der Waals surface area contributed by atoms with Gasteiger partial charge < -0.3 is 9.47 Å². The van der Waals surface area contributed by atoms with E-state index in [4.69, 9.17) is 9.47 Å². The molecular weight excluding hydrogens is 432 g/mol. The van der Waals surface area contributed by atoms with E-state index in [1.54, 1.807) is 12.4 Å². The minimum atomic E-state index is 0.663. The summed E-state index contributed by atoms with van der Waals surface area (Å²) in [6.07, 6.45) is 25.4. The zero-order valence-electron chi connectivity index (χ0n) is 22.4. The molecule has 1 heterocycles. The molecule has 0 saturated carbocycles. The molecule has 0 atom stereocenters. The zero-order chi connectivity index (χ0) is 24.8. The van der Waals surface area contributed by atoms with Crippen LogP contribution in [0.1, 0.15) is 103 Å². The molecule has 0 aliphatic rings. The van der Waals surface area contributed by atoms with Crippen LogP contribution in [-0.4, -0.2) is 29.8 Å². The number of unbranched alkanes of at least 4 members (excludes halogenated alkanes) is 9. The van der Waals surface area contributed by atoms with Crippen LogP contribution in [0.2, 0.25) is 0 Å². The molecule has 0 N–H and O–H groups in total. The van der Waals surface area contributed by atoms with E-state index in [-0.39, 0.29) is 0 Å². The predicted octanol–water partition coefficient (Wildman–Crippen LogP) is 8.75. The molecule has 0 aliphatic carbocycles. The van der Waals surface area contributed by atoms with Crippen LogP contribution in [0.25, 0.3) is 11.4 Å². The fourth-order valence-electron chi connectivity index (χ4n) is 4.02. The van der Waals surface area contributed by atoms with Crippen molar-refractivity contribution in [3.63, 3.8) is 0 Å². The first kappa shape index (κ1) is 29.0. The highest BCUT2D eigenvalue weighted by Crippen LogP contribution is 2.18. The van der Waals surface area contributed by atoms with Crippen LogP contribution in [0.15, 0.2) is 48.8 Å². The van der Waals surface area contributed by atoms with E-state index in [9.17, 15) is 0 Å². The lowest BCUT2D eigenvalue weighted by atomic mass is 10.0. The van der Waals surface area contributed by atoms with E-state index in [1.165, 1.54) is 76.2 Å². The summed E-state index contributed by atoms with van der Waals surface area (Å²) < 4.78 is 11.3. The Morgan fingerprint density at radius 1 is 0.657 bits per heavy atom. The maximum atomic E-state index is 5.80. The monoisotopic (exact) mass is 480 g/mol. The standard InChI is InChI=1S/C31H48N2O2/c1-3-5-6-7-8-9-10-11-13-17-25-35-30-26-32-31(33-27-30)29-21-19-28(20-22-29)18-15-12-14-16-24-34-23-4-2/h11,13,19-22,26-27H,3-10,12,14-18,23-25H2,1-2H3. The van der Waals surface area contributed by atoms with Gasteiger partial charge in [-0.1, -0.05) is 95.2 Å². The Kier molecular flexibility index (Phi) is 16.6. The van der Waals surface area contributed by atoms with Gasteiger partial charge in [-0.05, 0) is 50.5 Å². The maximum absolute atomic E-state index is 5.80. The molecule has 1 aromatic heterocycles. The van der Waals surface area contributed by atoms with Crippen LogP contribution >= 0.6 is 0 Å². The number of benzene rings is 1. The van der Waals surface area contributed by atoms with Gasteiger partial charge in [0, 0.05) is 18.8 Å². The number of aromatic nitrogens is 2. The van der Waals surface area contributed by atoms with Crippen LogP contribution in [-0.2, 0) is 11.2 Å². The Labute approximate surface area is 214 Å². The second kappa shape index (κ2) is 20.0. The molecular formula is C31H48N2O2. The highest BCUT2D eigenvalue weighted by Gasteiger charge is 2.03. The second-order valence-corrected chi connectivity index (χ2v) is 9.38. The van der Waals surface area contributed by atoms with Crippen molar-refractivity contribution in [3.05, 3.63) is 54.4 Å². The van der Waals surface area contributed by atoms with Crippen molar-refractivity contribution in [2.75, 3.05) is 19.8 Å². The first-order valence-corrected chi connectivity index (χ1v) is 14.1. The SMILES string of the molecule is CCCCCCCCC=CCCOc1cnc(-c2ccc(CCCCCCOCCC)cc2)nc1. The summed E-state index contributed by atoms with van der Waals surface area (Å²) in [4.78, 5) is 9.00. The summed E-state index contributed by atoms with van der Waals surface area (Å²) in [5.74, 6) is 1.48. The molecule has 0 unspecified atom stereocenters. The normalized spacial score (nSPS) is 11.4. The van der Waals surface area contributed by atoms with Gasteiger partial charge in [-0.25, -0.2) is 9.97 Å². The van der Waals surface area contributed by atoms with Gasteiger partial charge in [0.25, 0.3) is 0 Å². The third-order valence-electron chi connectivity index (χ3n) is 6.14. The van der Waals surface area contributed by atoms with Crippen molar-refractivity contribution in [2.45, 2.75) is 104 Å². The molecule has 1 aromatic carbocycles. The summed E-state index contributed by atoms with van der Waals surface area (Å²) in [6, 6.07) is 8.65. The van der Waals surface area contributed by atoms with Crippen molar-refractivity contribution < 1.29 is 9.47 Å². The van der Waals surface area contributed by atoms with Gasteiger partial charge in [0.05, 0.1) is 19.0 Å². The van der Waals surface area contributed by atoms with E-state index in [0.29, 0.717) is 6.61 Å². The summed E-state index contributed by atoms with van der Waals surface area (Å²) >= 11 is 0. The summed E-state index contributed by atoms with van der Waals surface area (Å²) in [7, 11) is 0. The second-order valence-electron chi connectivity index (χ2n) is 9.38. The highest BCUT2D eigenvalue weighted by molar-refractivity contribution is 5.55. The Morgan fingerprint density at radius 2 is 1.34 bits per heavy atom. The molecule has 0 bridgehead atoms. The fraction of sp³-hybridized carbons (Fsp3) is 0.613. The van der Waals surface area contributed by atoms with Crippen molar-refractivity contribution in [3.8, 4) is 17.1 Å². The third-order valence-corrected chi connectivity index (χ3v) is 6.14. The number of hydrogen-bond donors (Lipinski definition) is 0. The number of hydrogen-bond acceptors (Lipinski definition) is 4. The zero-order valence-corrected chi connectivity index (χ0v) is 22.4. The van der Waals surface area contributed by atoms with E-state index in [1.807, 2.05) is 0 Å². The van der Waals surface area contributed by atoms with Gasteiger partial charge in [0.15, 0.2) is 11.6 Å². The minimum absolute atomic E-state index is 0.663. The first-order valence-electron chi connectivity index (χ1n) is 14.1. The topological polar surface area (TPSA) is 44.2 Å². The minimum Gasteiger partial charge on any atom is -0.490 e. The van der Waals surface area contributed by atoms with Gasteiger partial charge in [0.2, 0.25) is 0 Å². The van der Waals surface area contributed by atoms with Crippen LogP contribution in [0, 0.1) is 0 Å². The van der Waals surface area contributed by atoms with Gasteiger partial charge in [-0.2, -0.15) is 0 Å². The first-order chi connectivity index (χ1) is 17.3. The van der Waals surface area contributed by atoms with Crippen LogP contribution < -0.4 is 4.74 Å². The van der Waals surface area contributed by atoms with Gasteiger partial charge in [-0.15, -0.1) is 0 Å². The summed E-state index contributed by atoms with van der Waals surface area (Å²) in [6.45, 7) is 6.88. The molecule has 0 fully saturated rings. The van der Waals surface area contributed by atoms with E-state index in [0.717, 1.165) is 49.6 Å². The molecule has 0 saturated heterocycles. The van der Waals surface area contributed by atoms with Crippen molar-refractivity contribution in [1.29, 1.82) is 0 Å². The number of ether oxygens (including phenoxy) is 2. The Morgan fingerprint density at radius 3 is 2.11 bits per heavy atom. The van der Waals surface area contributed by atoms with Crippen LogP contribution in [0.3, 0.4) is 0 Å². The smallest absolute Gasteiger partial charge is 0.159 e. The van der Waals surface area contributed by atoms with E-state index >= 15 is 0 Å². The molecule has 4 nitrogen and oxygen atoms in total. The molecule has 4 heteroatoms. The van der Waals surface area contributed by atoms with Gasteiger partial charge >= 0.3 is 0 Å². The Hall–Kier alpha value is -2.20. The average molecular weight is 481 g/mol. The lowest BCUT2D eigenvalue weighted by Gasteiger charge is -2.06. The summed E-state index contributed by atoms with van der Waals surface area (Å²) in [5, 5.41) is 0. The van der Waals surface area contributed by atoms with Crippen molar-refractivity contribution in [2.24, 2.45) is 0 Å². The van der Waals surface area contributed by atoms with Crippen LogP contribution in [0.5, 0.6) is 5.75 Å². The predicted molar refractivity (Wildman–Crippen MR) is 148 cm³/mol. The number of nitrogens with zero attached hydrogens (tertiary/aromatic N) is 2. The van der Waals surface area contributed by atoms with Crippen LogP contribution in [0.4, 0.5) is 0 Å². The summed E-state index contributed by atoms with van der Waals surface area (Å²) in [5.41, 5.74) is 2.42. The molecule has 0 aliphatic heterocycles. The Balaban J connectivity index is 1.58. The van der Waals surface area contributed by atoms with Gasteiger partial charge in [-0.3, -0.25) is 0 Å². The molecule has 0 radical (unpaired) electrons. The third kappa shape index (κ3) is 14.1. The quantitative estimate of drug-likeness (QED) is 0.132. The Bertz CT molecular complexity index is 772. The largest absolute Gasteiger partial charge is 0.490 e. The lowest BCUT2D eigenvalue weighted by molar-refractivity contribution is 0.130. The number of allylic oxidation sites excluding steroid dienone is 1. The molecule has 2 aromatic rings. The molecule has 194 valence electrons. The highest BCUT2D eigenvalue weighted by atomic mass is 16.5.